The Balaban J connectivity index is 3.95. The van der Waals surface area contributed by atoms with Crippen molar-refractivity contribution in [3.05, 3.63) is 0 Å². The lowest BCUT2D eigenvalue weighted by Crippen LogP contribution is -2.43. The Labute approximate surface area is 99.3 Å². The molecule has 0 unspecified atom stereocenters. The van der Waals surface area contributed by atoms with Gasteiger partial charge in [-0.05, 0) is 40.8 Å². The molecule has 0 saturated heterocycles. The van der Waals surface area contributed by atoms with Gasteiger partial charge in [0.25, 0.3) is 0 Å². The van der Waals surface area contributed by atoms with Crippen molar-refractivity contribution in [2.75, 3.05) is 19.6 Å². The summed E-state index contributed by atoms with van der Waals surface area (Å²) in [5.41, 5.74) is -0.432. The van der Waals surface area contributed by atoms with E-state index in [2.05, 4.69) is 24.1 Å². The molecular formula is C12H26N2O2. The molecule has 0 rings (SSSR count). The van der Waals surface area contributed by atoms with Gasteiger partial charge in [-0.25, -0.2) is 4.79 Å². The normalized spacial score (nSPS) is 13.7. The zero-order valence-corrected chi connectivity index (χ0v) is 11.5. The summed E-state index contributed by atoms with van der Waals surface area (Å²) in [6.45, 7) is 14.7. The number of amides is 1. The lowest BCUT2D eigenvalue weighted by molar-refractivity contribution is 0.0498. The van der Waals surface area contributed by atoms with E-state index >= 15 is 0 Å². The second-order valence-electron chi connectivity index (χ2n) is 5.03. The standard InChI is InChI=1S/C12H26N2O2/c1-7-14(8-2)9-10(3)13-11(15)16-12(4,5)6/h10H,7-9H2,1-6H3,(H,13,15)/t10-/m0/s1. The molecule has 1 N–H and O–H groups in total. The number of alkyl carbamates (subject to hydrolysis) is 1. The topological polar surface area (TPSA) is 41.6 Å². The van der Waals surface area contributed by atoms with Gasteiger partial charge >= 0.3 is 6.09 Å². The van der Waals surface area contributed by atoms with Gasteiger partial charge in [0.15, 0.2) is 0 Å². The molecule has 0 radical (unpaired) electrons. The summed E-state index contributed by atoms with van der Waals surface area (Å²) >= 11 is 0. The Morgan fingerprint density at radius 1 is 1.31 bits per heavy atom. The summed E-state index contributed by atoms with van der Waals surface area (Å²) in [6.07, 6.45) is -0.341. The molecule has 0 bridgehead atoms. The molecule has 0 aromatic rings. The lowest BCUT2D eigenvalue weighted by atomic mass is 10.2. The fraction of sp³-hybridized carbons (Fsp3) is 0.917. The molecule has 0 spiro atoms. The average molecular weight is 230 g/mol. The van der Waals surface area contributed by atoms with E-state index in [1.807, 2.05) is 27.7 Å². The number of likely N-dealkylation sites (N-methyl/N-ethyl adjacent to an activating group) is 1. The predicted molar refractivity (Wildman–Crippen MR) is 66.6 cm³/mol. The van der Waals surface area contributed by atoms with Crippen LogP contribution in [0, 0.1) is 0 Å². The van der Waals surface area contributed by atoms with Crippen molar-refractivity contribution in [2.24, 2.45) is 0 Å². The van der Waals surface area contributed by atoms with Crippen LogP contribution < -0.4 is 5.32 Å². The highest BCUT2D eigenvalue weighted by molar-refractivity contribution is 5.68. The number of carbonyl (C=O) groups excluding carboxylic acids is 1. The van der Waals surface area contributed by atoms with Crippen molar-refractivity contribution >= 4 is 6.09 Å². The Bertz CT molecular complexity index is 208. The van der Waals surface area contributed by atoms with Crippen molar-refractivity contribution < 1.29 is 9.53 Å². The van der Waals surface area contributed by atoms with Crippen LogP contribution in [0.4, 0.5) is 4.79 Å². The van der Waals surface area contributed by atoms with E-state index in [0.717, 1.165) is 19.6 Å². The molecular weight excluding hydrogens is 204 g/mol. The van der Waals surface area contributed by atoms with Crippen molar-refractivity contribution in [3.8, 4) is 0 Å². The van der Waals surface area contributed by atoms with Crippen LogP contribution in [0.2, 0.25) is 0 Å². The molecule has 4 heteroatoms. The molecule has 0 aromatic carbocycles. The van der Waals surface area contributed by atoms with E-state index in [1.165, 1.54) is 0 Å². The molecule has 1 atom stereocenters. The zero-order chi connectivity index (χ0) is 12.8. The Kier molecular flexibility index (Phi) is 6.41. The van der Waals surface area contributed by atoms with Gasteiger partial charge < -0.3 is 15.0 Å². The molecule has 0 aromatic heterocycles. The summed E-state index contributed by atoms with van der Waals surface area (Å²) in [5.74, 6) is 0. The highest BCUT2D eigenvalue weighted by Gasteiger charge is 2.18. The second kappa shape index (κ2) is 6.74. The van der Waals surface area contributed by atoms with E-state index in [4.69, 9.17) is 4.74 Å². The lowest BCUT2D eigenvalue weighted by Gasteiger charge is -2.25. The first-order valence-electron chi connectivity index (χ1n) is 6.00. The Hall–Kier alpha value is -0.770. The molecule has 4 nitrogen and oxygen atoms in total. The number of carbonyl (C=O) groups is 1. The molecule has 1 amide bonds. The van der Waals surface area contributed by atoms with Crippen LogP contribution >= 0.6 is 0 Å². The number of hydrogen-bond acceptors (Lipinski definition) is 3. The average Bonchev–Trinajstić information content (AvgIpc) is 2.10. The maximum absolute atomic E-state index is 11.5. The third kappa shape index (κ3) is 7.51. The summed E-state index contributed by atoms with van der Waals surface area (Å²) in [7, 11) is 0. The fourth-order valence-electron chi connectivity index (χ4n) is 1.42. The summed E-state index contributed by atoms with van der Waals surface area (Å²) in [4.78, 5) is 13.7. The largest absolute Gasteiger partial charge is 0.444 e. The minimum Gasteiger partial charge on any atom is -0.444 e. The van der Waals surface area contributed by atoms with Crippen LogP contribution in [0.25, 0.3) is 0 Å². The predicted octanol–water partition coefficient (Wildman–Crippen LogP) is 2.24. The van der Waals surface area contributed by atoms with Gasteiger partial charge in [-0.3, -0.25) is 0 Å². The van der Waals surface area contributed by atoms with Crippen molar-refractivity contribution in [1.82, 2.24) is 10.2 Å². The van der Waals surface area contributed by atoms with Crippen molar-refractivity contribution in [1.29, 1.82) is 0 Å². The molecule has 16 heavy (non-hydrogen) atoms. The second-order valence-corrected chi connectivity index (χ2v) is 5.03. The minimum atomic E-state index is -0.432. The Morgan fingerprint density at radius 3 is 2.19 bits per heavy atom. The van der Waals surface area contributed by atoms with Crippen molar-refractivity contribution in [2.45, 2.75) is 53.2 Å². The Morgan fingerprint density at radius 2 is 1.81 bits per heavy atom. The van der Waals surface area contributed by atoms with E-state index in [0.29, 0.717) is 0 Å². The number of nitrogens with one attached hydrogen (secondary N) is 1. The minimum absolute atomic E-state index is 0.106. The van der Waals surface area contributed by atoms with Crippen LogP contribution in [0.5, 0.6) is 0 Å². The molecule has 0 aliphatic heterocycles. The third-order valence-electron chi connectivity index (χ3n) is 2.19. The maximum atomic E-state index is 11.5. The van der Waals surface area contributed by atoms with Crippen LogP contribution in [-0.2, 0) is 4.74 Å². The number of hydrogen-bond donors (Lipinski definition) is 1. The van der Waals surface area contributed by atoms with E-state index in [9.17, 15) is 4.79 Å². The smallest absolute Gasteiger partial charge is 0.407 e. The molecule has 0 saturated carbocycles. The first kappa shape index (κ1) is 15.2. The fourth-order valence-corrected chi connectivity index (χ4v) is 1.42. The van der Waals surface area contributed by atoms with Crippen LogP contribution in [0.3, 0.4) is 0 Å². The molecule has 0 heterocycles. The molecule has 0 aliphatic carbocycles. The SMILES string of the molecule is CCN(CC)C[C@H](C)NC(=O)OC(C)(C)C. The number of ether oxygens (including phenoxy) is 1. The third-order valence-corrected chi connectivity index (χ3v) is 2.19. The monoisotopic (exact) mass is 230 g/mol. The van der Waals surface area contributed by atoms with Gasteiger partial charge in [0.2, 0.25) is 0 Å². The van der Waals surface area contributed by atoms with Gasteiger partial charge in [-0.15, -0.1) is 0 Å². The van der Waals surface area contributed by atoms with E-state index < -0.39 is 5.60 Å². The summed E-state index contributed by atoms with van der Waals surface area (Å²) in [5, 5.41) is 2.83. The van der Waals surface area contributed by atoms with E-state index in [1.54, 1.807) is 0 Å². The quantitative estimate of drug-likeness (QED) is 0.787. The van der Waals surface area contributed by atoms with Crippen LogP contribution in [-0.4, -0.2) is 42.3 Å². The zero-order valence-electron chi connectivity index (χ0n) is 11.5. The van der Waals surface area contributed by atoms with Crippen LogP contribution in [0.1, 0.15) is 41.5 Å². The van der Waals surface area contributed by atoms with Gasteiger partial charge in [-0.2, -0.15) is 0 Å². The van der Waals surface area contributed by atoms with Gasteiger partial charge in [-0.1, -0.05) is 13.8 Å². The first-order chi connectivity index (χ1) is 7.28. The van der Waals surface area contributed by atoms with Gasteiger partial charge in [0, 0.05) is 12.6 Å². The maximum Gasteiger partial charge on any atom is 0.407 e. The molecule has 96 valence electrons. The van der Waals surface area contributed by atoms with Crippen LogP contribution in [0.15, 0.2) is 0 Å². The van der Waals surface area contributed by atoms with Gasteiger partial charge in [0.1, 0.15) is 5.60 Å². The summed E-state index contributed by atoms with van der Waals surface area (Å²) < 4.78 is 5.19. The first-order valence-corrected chi connectivity index (χ1v) is 6.00. The number of rotatable bonds is 5. The molecule has 0 fully saturated rings. The highest BCUT2D eigenvalue weighted by atomic mass is 16.6. The molecule has 0 aliphatic rings. The highest BCUT2D eigenvalue weighted by Crippen LogP contribution is 2.06. The number of nitrogens with zero attached hydrogens (tertiary/aromatic N) is 1. The van der Waals surface area contributed by atoms with Gasteiger partial charge in [0.05, 0.1) is 0 Å². The summed E-state index contributed by atoms with van der Waals surface area (Å²) in [6, 6.07) is 0.106. The van der Waals surface area contributed by atoms with E-state index in [-0.39, 0.29) is 12.1 Å². The van der Waals surface area contributed by atoms with Crippen molar-refractivity contribution in [3.63, 3.8) is 0 Å².